The van der Waals surface area contributed by atoms with Crippen molar-refractivity contribution in [1.29, 1.82) is 0 Å². The molecule has 1 amide bonds. The molecule has 0 radical (unpaired) electrons. The van der Waals surface area contributed by atoms with Crippen LogP contribution in [0, 0.1) is 0 Å². The molecule has 0 bridgehead atoms. The minimum absolute atomic E-state index is 0.433. The minimum Gasteiger partial charge on any atom is -0.410 e. The van der Waals surface area contributed by atoms with Gasteiger partial charge in [-0.25, -0.2) is 4.79 Å². The summed E-state index contributed by atoms with van der Waals surface area (Å²) in [6.45, 7) is 1.19. The highest BCUT2D eigenvalue weighted by molar-refractivity contribution is 5.70. The van der Waals surface area contributed by atoms with Crippen molar-refractivity contribution in [2.45, 2.75) is 6.42 Å². The minimum atomic E-state index is -0.433. The zero-order chi connectivity index (χ0) is 10.9. The Hall–Kier alpha value is -1.55. The SMILES string of the molecule is COCCCNC(=O)Oc1ccccc1. The first kappa shape index (κ1) is 11.5. The third-order valence-electron chi connectivity index (χ3n) is 1.75. The second kappa shape index (κ2) is 6.84. The molecule has 0 aliphatic carbocycles. The number of amides is 1. The Kier molecular flexibility index (Phi) is 5.25. The number of carbonyl (C=O) groups excluding carboxylic acids is 1. The standard InChI is InChI=1S/C11H15NO3/c1-14-9-5-8-12-11(13)15-10-6-3-2-4-7-10/h2-4,6-7H,5,8-9H2,1H3,(H,12,13). The van der Waals surface area contributed by atoms with Crippen molar-refractivity contribution in [3.63, 3.8) is 0 Å². The van der Waals surface area contributed by atoms with Crippen molar-refractivity contribution in [2.75, 3.05) is 20.3 Å². The van der Waals surface area contributed by atoms with E-state index in [1.165, 1.54) is 0 Å². The first-order chi connectivity index (χ1) is 7.33. The number of benzene rings is 1. The van der Waals surface area contributed by atoms with Crippen LogP contribution in [-0.4, -0.2) is 26.4 Å². The number of rotatable bonds is 5. The summed E-state index contributed by atoms with van der Waals surface area (Å²) in [5.74, 6) is 0.543. The highest BCUT2D eigenvalue weighted by atomic mass is 16.6. The Balaban J connectivity index is 2.19. The van der Waals surface area contributed by atoms with E-state index >= 15 is 0 Å². The lowest BCUT2D eigenvalue weighted by atomic mass is 10.3. The number of carbonyl (C=O) groups is 1. The van der Waals surface area contributed by atoms with Gasteiger partial charge < -0.3 is 14.8 Å². The van der Waals surface area contributed by atoms with Gasteiger partial charge in [0.25, 0.3) is 0 Å². The fourth-order valence-corrected chi connectivity index (χ4v) is 1.04. The summed E-state index contributed by atoms with van der Waals surface area (Å²) in [5.41, 5.74) is 0. The lowest BCUT2D eigenvalue weighted by Crippen LogP contribution is -2.28. The first-order valence-corrected chi connectivity index (χ1v) is 4.82. The smallest absolute Gasteiger partial charge is 0.410 e. The lowest BCUT2D eigenvalue weighted by molar-refractivity contribution is 0.185. The van der Waals surface area contributed by atoms with E-state index in [0.717, 1.165) is 6.42 Å². The zero-order valence-electron chi connectivity index (χ0n) is 8.73. The first-order valence-electron chi connectivity index (χ1n) is 4.82. The van der Waals surface area contributed by atoms with Crippen LogP contribution in [-0.2, 0) is 4.74 Å². The third-order valence-corrected chi connectivity index (χ3v) is 1.75. The molecule has 0 spiro atoms. The van der Waals surface area contributed by atoms with Crippen molar-refractivity contribution in [3.05, 3.63) is 30.3 Å². The van der Waals surface area contributed by atoms with Crippen molar-refractivity contribution in [3.8, 4) is 5.75 Å². The van der Waals surface area contributed by atoms with E-state index in [0.29, 0.717) is 18.9 Å². The van der Waals surface area contributed by atoms with E-state index in [1.807, 2.05) is 18.2 Å². The van der Waals surface area contributed by atoms with Crippen LogP contribution in [0.5, 0.6) is 5.75 Å². The van der Waals surface area contributed by atoms with Crippen LogP contribution in [0.4, 0.5) is 4.79 Å². The zero-order valence-corrected chi connectivity index (χ0v) is 8.73. The van der Waals surface area contributed by atoms with E-state index < -0.39 is 6.09 Å². The van der Waals surface area contributed by atoms with Crippen LogP contribution in [0.2, 0.25) is 0 Å². The summed E-state index contributed by atoms with van der Waals surface area (Å²) < 4.78 is 9.85. The van der Waals surface area contributed by atoms with Gasteiger partial charge in [0.1, 0.15) is 5.75 Å². The molecule has 0 saturated carbocycles. The lowest BCUT2D eigenvalue weighted by Gasteiger charge is -2.05. The van der Waals surface area contributed by atoms with Gasteiger partial charge in [0, 0.05) is 20.3 Å². The van der Waals surface area contributed by atoms with Gasteiger partial charge in [-0.2, -0.15) is 0 Å². The van der Waals surface area contributed by atoms with Crippen LogP contribution in [0.15, 0.2) is 30.3 Å². The van der Waals surface area contributed by atoms with Crippen LogP contribution >= 0.6 is 0 Å². The summed E-state index contributed by atoms with van der Waals surface area (Å²) in [7, 11) is 1.63. The number of hydrogen-bond acceptors (Lipinski definition) is 3. The van der Waals surface area contributed by atoms with Crippen LogP contribution < -0.4 is 10.1 Å². The molecule has 1 N–H and O–H groups in total. The highest BCUT2D eigenvalue weighted by Crippen LogP contribution is 2.07. The molecule has 0 saturated heterocycles. The number of ether oxygens (including phenoxy) is 2. The number of para-hydroxylation sites is 1. The van der Waals surface area contributed by atoms with Gasteiger partial charge in [-0.1, -0.05) is 18.2 Å². The average molecular weight is 209 g/mol. The van der Waals surface area contributed by atoms with Gasteiger partial charge >= 0.3 is 6.09 Å². The number of hydrogen-bond donors (Lipinski definition) is 1. The molecule has 1 aromatic carbocycles. The molecule has 0 aliphatic rings. The van der Waals surface area contributed by atoms with Crippen molar-refractivity contribution in [1.82, 2.24) is 5.32 Å². The molecule has 4 nitrogen and oxygen atoms in total. The Morgan fingerprint density at radius 3 is 2.73 bits per heavy atom. The van der Waals surface area contributed by atoms with E-state index in [4.69, 9.17) is 9.47 Å². The monoisotopic (exact) mass is 209 g/mol. The predicted octanol–water partition coefficient (Wildman–Crippen LogP) is 1.81. The van der Waals surface area contributed by atoms with Gasteiger partial charge in [-0.3, -0.25) is 0 Å². The van der Waals surface area contributed by atoms with E-state index in [9.17, 15) is 4.79 Å². The molecule has 0 fully saturated rings. The maximum absolute atomic E-state index is 11.2. The second-order valence-electron chi connectivity index (χ2n) is 2.98. The molecule has 1 rings (SSSR count). The Morgan fingerprint density at radius 1 is 1.33 bits per heavy atom. The van der Waals surface area contributed by atoms with Gasteiger partial charge in [0.15, 0.2) is 0 Å². The molecule has 0 unspecified atom stereocenters. The van der Waals surface area contributed by atoms with Gasteiger partial charge in [-0.15, -0.1) is 0 Å². The molecule has 0 atom stereocenters. The maximum Gasteiger partial charge on any atom is 0.412 e. The summed E-state index contributed by atoms with van der Waals surface area (Å²) in [4.78, 5) is 11.2. The summed E-state index contributed by atoms with van der Waals surface area (Å²) in [6, 6.07) is 8.95. The van der Waals surface area contributed by atoms with Crippen LogP contribution in [0.3, 0.4) is 0 Å². The Labute approximate surface area is 89.2 Å². The topological polar surface area (TPSA) is 47.6 Å². The molecular formula is C11H15NO3. The fraction of sp³-hybridized carbons (Fsp3) is 0.364. The Bertz CT molecular complexity index is 287. The van der Waals surface area contributed by atoms with Crippen LogP contribution in [0.25, 0.3) is 0 Å². The fourth-order valence-electron chi connectivity index (χ4n) is 1.04. The molecule has 0 aromatic heterocycles. The average Bonchev–Trinajstić information content (AvgIpc) is 2.26. The molecule has 82 valence electrons. The summed E-state index contributed by atoms with van der Waals surface area (Å²) >= 11 is 0. The largest absolute Gasteiger partial charge is 0.412 e. The van der Waals surface area contributed by atoms with E-state index in [2.05, 4.69) is 5.32 Å². The maximum atomic E-state index is 11.2. The van der Waals surface area contributed by atoms with Crippen molar-refractivity contribution >= 4 is 6.09 Å². The quantitative estimate of drug-likeness (QED) is 0.752. The molecule has 15 heavy (non-hydrogen) atoms. The third kappa shape index (κ3) is 5.02. The summed E-state index contributed by atoms with van der Waals surface area (Å²) in [6.07, 6.45) is 0.345. The molecular weight excluding hydrogens is 194 g/mol. The molecule has 1 aromatic rings. The van der Waals surface area contributed by atoms with Crippen LogP contribution in [0.1, 0.15) is 6.42 Å². The molecule has 0 heterocycles. The second-order valence-corrected chi connectivity index (χ2v) is 2.98. The van der Waals surface area contributed by atoms with E-state index in [-0.39, 0.29) is 0 Å². The van der Waals surface area contributed by atoms with Gasteiger partial charge in [-0.05, 0) is 18.6 Å². The van der Waals surface area contributed by atoms with Crippen molar-refractivity contribution < 1.29 is 14.3 Å². The Morgan fingerprint density at radius 2 is 2.07 bits per heavy atom. The number of nitrogens with one attached hydrogen (secondary N) is 1. The summed E-state index contributed by atoms with van der Waals surface area (Å²) in [5, 5.41) is 2.62. The van der Waals surface area contributed by atoms with E-state index in [1.54, 1.807) is 19.2 Å². The van der Waals surface area contributed by atoms with Crippen molar-refractivity contribution in [2.24, 2.45) is 0 Å². The molecule has 4 heteroatoms. The number of methoxy groups -OCH3 is 1. The predicted molar refractivity (Wildman–Crippen MR) is 57.0 cm³/mol. The normalized spacial score (nSPS) is 9.67. The highest BCUT2D eigenvalue weighted by Gasteiger charge is 2.01. The van der Waals surface area contributed by atoms with Gasteiger partial charge in [0.2, 0.25) is 0 Å². The molecule has 0 aliphatic heterocycles. The van der Waals surface area contributed by atoms with Gasteiger partial charge in [0.05, 0.1) is 0 Å².